The van der Waals surface area contributed by atoms with Gasteiger partial charge in [0.2, 0.25) is 5.95 Å². The Balaban J connectivity index is 1.53. The van der Waals surface area contributed by atoms with Gasteiger partial charge in [0, 0.05) is 24.2 Å². The summed E-state index contributed by atoms with van der Waals surface area (Å²) in [6, 6.07) is 5.50. The van der Waals surface area contributed by atoms with E-state index in [2.05, 4.69) is 25.3 Å². The molecule has 172 valence electrons. The molecule has 0 radical (unpaired) electrons. The molecule has 4 rings (SSSR count). The maximum atomic E-state index is 13.0. The zero-order valence-corrected chi connectivity index (χ0v) is 18.1. The summed E-state index contributed by atoms with van der Waals surface area (Å²) in [7, 11) is 0. The molecule has 4 heterocycles. The van der Waals surface area contributed by atoms with E-state index in [1.54, 1.807) is 25.3 Å². The van der Waals surface area contributed by atoms with Gasteiger partial charge in [0.15, 0.2) is 0 Å². The van der Waals surface area contributed by atoms with Crippen molar-refractivity contribution in [3.63, 3.8) is 0 Å². The molecule has 1 aliphatic rings. The Kier molecular flexibility index (Phi) is 5.88. The molecular weight excluding hydrogens is 437 g/mol. The fraction of sp³-hybridized carbons (Fsp3) is 0.318. The normalized spacial score (nSPS) is 17.1. The van der Waals surface area contributed by atoms with Gasteiger partial charge < -0.3 is 10.1 Å². The van der Waals surface area contributed by atoms with Gasteiger partial charge >= 0.3 is 12.3 Å². The maximum absolute atomic E-state index is 13.0. The van der Waals surface area contributed by atoms with Crippen LogP contribution in [0.2, 0.25) is 0 Å². The first-order chi connectivity index (χ1) is 15.6. The van der Waals surface area contributed by atoms with Crippen LogP contribution in [0.5, 0.6) is 0 Å². The molecule has 1 amide bonds. The fourth-order valence-electron chi connectivity index (χ4n) is 3.53. The number of ether oxygens (including phenoxy) is 1. The largest absolute Gasteiger partial charge is 0.447 e. The average molecular weight is 458 g/mol. The van der Waals surface area contributed by atoms with E-state index in [0.717, 1.165) is 17.8 Å². The molecule has 11 heteroatoms. The summed E-state index contributed by atoms with van der Waals surface area (Å²) in [5, 5.41) is 3.14. The number of hydrogen-bond acceptors (Lipinski definition) is 7. The van der Waals surface area contributed by atoms with E-state index in [9.17, 15) is 18.0 Å². The van der Waals surface area contributed by atoms with Crippen molar-refractivity contribution in [1.29, 1.82) is 0 Å². The number of nitrogens with zero attached hydrogens (tertiary/aromatic N) is 5. The molecule has 0 saturated carbocycles. The summed E-state index contributed by atoms with van der Waals surface area (Å²) in [5.74, 6) is 0.728. The lowest BCUT2D eigenvalue weighted by atomic mass is 10.0. The monoisotopic (exact) mass is 458 g/mol. The summed E-state index contributed by atoms with van der Waals surface area (Å²) in [6.45, 7) is 5.81. The molecule has 1 saturated heterocycles. The van der Waals surface area contributed by atoms with E-state index in [-0.39, 0.29) is 12.1 Å². The highest BCUT2D eigenvalue weighted by atomic mass is 19.4. The van der Waals surface area contributed by atoms with E-state index in [1.165, 1.54) is 17.2 Å². The van der Waals surface area contributed by atoms with Gasteiger partial charge in [-0.25, -0.2) is 9.78 Å². The third-order valence-electron chi connectivity index (χ3n) is 5.26. The van der Waals surface area contributed by atoms with Crippen LogP contribution >= 0.6 is 0 Å². The molecule has 1 aliphatic heterocycles. The molecule has 2 atom stereocenters. The van der Waals surface area contributed by atoms with Gasteiger partial charge in [-0.15, -0.1) is 0 Å². The van der Waals surface area contributed by atoms with Gasteiger partial charge in [-0.3, -0.25) is 14.9 Å². The van der Waals surface area contributed by atoms with Gasteiger partial charge in [0.05, 0.1) is 17.8 Å². The van der Waals surface area contributed by atoms with Crippen LogP contribution in [0, 0.1) is 6.92 Å². The quantitative estimate of drug-likeness (QED) is 0.588. The Hall–Kier alpha value is -3.76. The molecule has 1 fully saturated rings. The molecule has 0 aliphatic carbocycles. The minimum Gasteiger partial charge on any atom is -0.447 e. The van der Waals surface area contributed by atoms with Crippen molar-refractivity contribution in [3.8, 4) is 11.1 Å². The number of alkyl halides is 3. The van der Waals surface area contributed by atoms with Crippen LogP contribution < -0.4 is 10.2 Å². The standard InChI is InChI=1S/C22H21F3N6O2/c1-12-8-17(28-10-16(12)15-4-6-26-18(9-15)22(23,24)25)14(3)29-20-27-7-5-19(30-20)31-13(2)11-33-21(31)32/h4-10,13-14H,11H2,1-3H3,(H,27,29,30)/t13-,14-/m0/s1. The second-order valence-corrected chi connectivity index (χ2v) is 7.75. The highest BCUT2D eigenvalue weighted by Gasteiger charge is 2.33. The molecule has 33 heavy (non-hydrogen) atoms. The van der Waals surface area contributed by atoms with Gasteiger partial charge in [-0.2, -0.15) is 18.2 Å². The molecule has 0 bridgehead atoms. The number of rotatable bonds is 5. The topological polar surface area (TPSA) is 93.1 Å². The lowest BCUT2D eigenvalue weighted by Gasteiger charge is -2.19. The van der Waals surface area contributed by atoms with Crippen molar-refractivity contribution in [2.45, 2.75) is 39.0 Å². The lowest BCUT2D eigenvalue weighted by molar-refractivity contribution is -0.141. The second kappa shape index (κ2) is 8.64. The number of anilines is 2. The number of nitrogens with one attached hydrogen (secondary N) is 1. The number of halogens is 3. The van der Waals surface area contributed by atoms with E-state index >= 15 is 0 Å². The zero-order chi connectivity index (χ0) is 23.8. The van der Waals surface area contributed by atoms with E-state index in [4.69, 9.17) is 4.74 Å². The molecule has 0 aromatic carbocycles. The minimum absolute atomic E-state index is 0.138. The Bertz CT molecular complexity index is 1190. The first-order valence-electron chi connectivity index (χ1n) is 10.2. The molecule has 1 N–H and O–H groups in total. The minimum atomic E-state index is -4.52. The van der Waals surface area contributed by atoms with Crippen LogP contribution in [0.4, 0.5) is 29.7 Å². The molecule has 8 nitrogen and oxygen atoms in total. The number of carbonyl (C=O) groups excluding carboxylic acids is 1. The van der Waals surface area contributed by atoms with Crippen molar-refractivity contribution in [2.75, 3.05) is 16.8 Å². The molecule has 3 aromatic heterocycles. The van der Waals surface area contributed by atoms with Gasteiger partial charge in [-0.1, -0.05) is 0 Å². The van der Waals surface area contributed by atoms with Crippen LogP contribution in [0.15, 0.2) is 42.9 Å². The maximum Gasteiger partial charge on any atom is 0.433 e. The first kappa shape index (κ1) is 22.4. The highest BCUT2D eigenvalue weighted by Crippen LogP contribution is 2.32. The third kappa shape index (κ3) is 4.71. The number of carbonyl (C=O) groups is 1. The highest BCUT2D eigenvalue weighted by molar-refractivity contribution is 5.89. The average Bonchev–Trinajstić information content (AvgIpc) is 3.11. The zero-order valence-electron chi connectivity index (χ0n) is 18.1. The van der Waals surface area contributed by atoms with E-state index in [0.29, 0.717) is 35.2 Å². The van der Waals surface area contributed by atoms with Crippen molar-refractivity contribution < 1.29 is 22.7 Å². The van der Waals surface area contributed by atoms with E-state index < -0.39 is 18.0 Å². The fourth-order valence-corrected chi connectivity index (χ4v) is 3.53. The van der Waals surface area contributed by atoms with Crippen LogP contribution in [0.1, 0.15) is 36.8 Å². The number of hydrogen-bond donors (Lipinski definition) is 1. The Morgan fingerprint density at radius 1 is 1.18 bits per heavy atom. The van der Waals surface area contributed by atoms with Crippen molar-refractivity contribution in [2.24, 2.45) is 0 Å². The Labute approximate surface area is 187 Å². The van der Waals surface area contributed by atoms with E-state index in [1.807, 2.05) is 13.8 Å². The van der Waals surface area contributed by atoms with Gasteiger partial charge in [0.25, 0.3) is 0 Å². The van der Waals surface area contributed by atoms with Crippen LogP contribution in [-0.4, -0.2) is 38.7 Å². The number of aromatic nitrogens is 4. The summed E-state index contributed by atoms with van der Waals surface area (Å²) in [5.41, 5.74) is 1.43. The molecule has 3 aromatic rings. The van der Waals surface area contributed by atoms with Crippen molar-refractivity contribution >= 4 is 17.9 Å². The Morgan fingerprint density at radius 3 is 2.61 bits per heavy atom. The third-order valence-corrected chi connectivity index (χ3v) is 5.26. The summed E-state index contributed by atoms with van der Waals surface area (Å²) >= 11 is 0. The summed E-state index contributed by atoms with van der Waals surface area (Å²) in [6.07, 6.45) is -0.764. The molecule has 0 unspecified atom stereocenters. The number of aryl methyl sites for hydroxylation is 1. The Morgan fingerprint density at radius 2 is 1.94 bits per heavy atom. The summed E-state index contributed by atoms with van der Waals surface area (Å²) < 4.78 is 44.1. The van der Waals surface area contributed by atoms with Gasteiger partial charge in [-0.05, 0) is 56.2 Å². The SMILES string of the molecule is Cc1cc([C@H](C)Nc2nccc(N3C(=O)OC[C@@H]3C)n2)ncc1-c1ccnc(C(F)(F)F)c1. The van der Waals surface area contributed by atoms with Crippen LogP contribution in [0.25, 0.3) is 11.1 Å². The molecule has 0 spiro atoms. The van der Waals surface area contributed by atoms with Crippen LogP contribution in [0.3, 0.4) is 0 Å². The molecular formula is C22H21F3N6O2. The van der Waals surface area contributed by atoms with Crippen molar-refractivity contribution in [3.05, 3.63) is 59.8 Å². The van der Waals surface area contributed by atoms with Crippen molar-refractivity contribution in [1.82, 2.24) is 19.9 Å². The number of cyclic esters (lactones) is 1. The first-order valence-corrected chi connectivity index (χ1v) is 10.2. The second-order valence-electron chi connectivity index (χ2n) is 7.75. The number of pyridine rings is 2. The number of amides is 1. The predicted octanol–water partition coefficient (Wildman–Crippen LogP) is 4.78. The van der Waals surface area contributed by atoms with Crippen LogP contribution in [-0.2, 0) is 10.9 Å². The van der Waals surface area contributed by atoms with Gasteiger partial charge in [0.1, 0.15) is 18.1 Å². The summed E-state index contributed by atoms with van der Waals surface area (Å²) in [4.78, 5) is 29.8. The predicted molar refractivity (Wildman–Crippen MR) is 115 cm³/mol. The smallest absolute Gasteiger partial charge is 0.433 e. The lowest BCUT2D eigenvalue weighted by Crippen LogP contribution is -2.32.